The van der Waals surface area contributed by atoms with E-state index in [1.54, 1.807) is 11.8 Å². The lowest BCUT2D eigenvalue weighted by atomic mass is 10.2. The van der Waals surface area contributed by atoms with Gasteiger partial charge in [0.1, 0.15) is 0 Å². The minimum absolute atomic E-state index is 0.0143. The van der Waals surface area contributed by atoms with Crippen LogP contribution in [0, 0.1) is 6.92 Å². The molecule has 21 heavy (non-hydrogen) atoms. The van der Waals surface area contributed by atoms with Gasteiger partial charge < -0.3 is 5.32 Å². The molecule has 0 fully saturated rings. The zero-order valence-corrected chi connectivity index (χ0v) is 13.7. The van der Waals surface area contributed by atoms with Gasteiger partial charge in [-0.1, -0.05) is 47.5 Å². The monoisotopic (exact) mass is 319 g/mol. The Hall–Kier alpha value is -1.45. The van der Waals surface area contributed by atoms with Gasteiger partial charge in [0.05, 0.1) is 5.25 Å². The maximum absolute atomic E-state index is 12.1. The molecule has 0 saturated carbocycles. The van der Waals surface area contributed by atoms with Gasteiger partial charge in [0.15, 0.2) is 0 Å². The molecule has 2 aromatic carbocycles. The molecule has 2 rings (SSSR count). The Morgan fingerprint density at radius 2 is 1.86 bits per heavy atom. The molecule has 0 spiro atoms. The summed E-state index contributed by atoms with van der Waals surface area (Å²) in [5, 5.41) is 3.46. The first kappa shape index (κ1) is 15.9. The zero-order valence-electron chi connectivity index (χ0n) is 12.1. The van der Waals surface area contributed by atoms with Crippen molar-refractivity contribution in [3.63, 3.8) is 0 Å². The number of thioether (sulfide) groups is 1. The molecule has 2 aromatic rings. The highest BCUT2D eigenvalue weighted by atomic mass is 35.5. The number of rotatable bonds is 5. The van der Waals surface area contributed by atoms with Crippen LogP contribution in [0.5, 0.6) is 0 Å². The van der Waals surface area contributed by atoms with Gasteiger partial charge in [0, 0.05) is 16.5 Å². The fourth-order valence-electron chi connectivity index (χ4n) is 1.84. The van der Waals surface area contributed by atoms with E-state index < -0.39 is 0 Å². The smallest absolute Gasteiger partial charge is 0.233 e. The molecule has 0 aromatic heterocycles. The summed E-state index contributed by atoms with van der Waals surface area (Å²) in [5.74, 6) is 0.0143. The van der Waals surface area contributed by atoms with E-state index in [2.05, 4.69) is 17.4 Å². The zero-order chi connectivity index (χ0) is 15.2. The summed E-state index contributed by atoms with van der Waals surface area (Å²) >= 11 is 7.63. The molecule has 0 bridgehead atoms. The maximum Gasteiger partial charge on any atom is 0.233 e. The molecule has 1 atom stereocenters. The van der Waals surface area contributed by atoms with Crippen molar-refractivity contribution in [3.05, 3.63) is 64.7 Å². The predicted molar refractivity (Wildman–Crippen MR) is 89.8 cm³/mol. The first-order chi connectivity index (χ1) is 10.1. The Morgan fingerprint density at radius 3 is 2.52 bits per heavy atom. The molecule has 0 unspecified atom stereocenters. The summed E-state index contributed by atoms with van der Waals surface area (Å²) in [4.78, 5) is 13.2. The van der Waals surface area contributed by atoms with Crippen LogP contribution in [0.2, 0.25) is 5.02 Å². The van der Waals surface area contributed by atoms with E-state index >= 15 is 0 Å². The van der Waals surface area contributed by atoms with E-state index in [4.69, 9.17) is 11.6 Å². The second-order valence-corrected chi connectivity index (χ2v) is 6.70. The number of nitrogens with one attached hydrogen (secondary N) is 1. The van der Waals surface area contributed by atoms with Crippen molar-refractivity contribution >= 4 is 29.3 Å². The second-order valence-electron chi connectivity index (χ2n) is 4.88. The highest BCUT2D eigenvalue weighted by molar-refractivity contribution is 8.00. The van der Waals surface area contributed by atoms with Crippen LogP contribution in [-0.4, -0.2) is 11.2 Å². The van der Waals surface area contributed by atoms with Gasteiger partial charge in [0.2, 0.25) is 5.91 Å². The molecule has 0 aliphatic rings. The highest BCUT2D eigenvalue weighted by Gasteiger charge is 2.14. The molecule has 2 nitrogen and oxygen atoms in total. The average molecular weight is 320 g/mol. The quantitative estimate of drug-likeness (QED) is 0.825. The lowest BCUT2D eigenvalue weighted by Gasteiger charge is -2.12. The van der Waals surface area contributed by atoms with Gasteiger partial charge in [-0.3, -0.25) is 4.79 Å². The number of aryl methyl sites for hydroxylation is 1. The van der Waals surface area contributed by atoms with Gasteiger partial charge >= 0.3 is 0 Å². The van der Waals surface area contributed by atoms with E-state index in [1.807, 2.05) is 50.2 Å². The third-order valence-electron chi connectivity index (χ3n) is 3.11. The third-order valence-corrected chi connectivity index (χ3v) is 4.59. The van der Waals surface area contributed by atoms with Crippen LogP contribution in [0.15, 0.2) is 53.4 Å². The lowest BCUT2D eigenvalue weighted by molar-refractivity contribution is -0.120. The Balaban J connectivity index is 1.88. The van der Waals surface area contributed by atoms with Crippen molar-refractivity contribution in [2.75, 3.05) is 0 Å². The van der Waals surface area contributed by atoms with Crippen LogP contribution in [0.3, 0.4) is 0 Å². The van der Waals surface area contributed by atoms with Gasteiger partial charge in [-0.15, -0.1) is 11.8 Å². The van der Waals surface area contributed by atoms with Crippen molar-refractivity contribution < 1.29 is 4.79 Å². The molecule has 4 heteroatoms. The number of halogens is 1. The van der Waals surface area contributed by atoms with E-state index in [9.17, 15) is 4.79 Å². The SMILES string of the molecule is Cc1ccc(S[C@@H](C)C(=O)NCc2ccccc2Cl)cc1. The number of amides is 1. The van der Waals surface area contributed by atoms with Crippen LogP contribution in [-0.2, 0) is 11.3 Å². The summed E-state index contributed by atoms with van der Waals surface area (Å²) in [6.45, 7) is 4.41. The molecular weight excluding hydrogens is 302 g/mol. The van der Waals surface area contributed by atoms with Crippen molar-refractivity contribution in [1.82, 2.24) is 5.32 Å². The molecule has 0 aliphatic carbocycles. The van der Waals surface area contributed by atoms with Crippen LogP contribution < -0.4 is 5.32 Å². The van der Waals surface area contributed by atoms with Crippen molar-refractivity contribution in [1.29, 1.82) is 0 Å². The molecule has 1 amide bonds. The number of hydrogen-bond donors (Lipinski definition) is 1. The summed E-state index contributed by atoms with van der Waals surface area (Å²) in [5.41, 5.74) is 2.15. The molecule has 110 valence electrons. The Morgan fingerprint density at radius 1 is 1.19 bits per heavy atom. The number of carbonyl (C=O) groups excluding carboxylic acids is 1. The molecule has 1 N–H and O–H groups in total. The summed E-state index contributed by atoms with van der Waals surface area (Å²) in [6.07, 6.45) is 0. The Bertz CT molecular complexity index is 612. The van der Waals surface area contributed by atoms with Crippen LogP contribution in [0.1, 0.15) is 18.1 Å². The standard InChI is InChI=1S/C17H18ClNOS/c1-12-7-9-15(10-8-12)21-13(2)17(20)19-11-14-5-3-4-6-16(14)18/h3-10,13H,11H2,1-2H3,(H,19,20)/t13-/m0/s1. The summed E-state index contributed by atoms with van der Waals surface area (Å²) in [7, 11) is 0. The minimum Gasteiger partial charge on any atom is -0.351 e. The Labute approximate surface area is 134 Å². The molecular formula is C17H18ClNOS. The fourth-order valence-corrected chi connectivity index (χ4v) is 2.94. The second kappa shape index (κ2) is 7.53. The van der Waals surface area contributed by atoms with E-state index in [0.29, 0.717) is 11.6 Å². The van der Waals surface area contributed by atoms with Crippen molar-refractivity contribution in [3.8, 4) is 0 Å². The Kier molecular flexibility index (Phi) is 5.71. The van der Waals surface area contributed by atoms with Crippen molar-refractivity contribution in [2.24, 2.45) is 0 Å². The normalized spacial score (nSPS) is 12.0. The lowest BCUT2D eigenvalue weighted by Crippen LogP contribution is -2.30. The number of hydrogen-bond acceptors (Lipinski definition) is 2. The molecule has 0 saturated heterocycles. The first-order valence-corrected chi connectivity index (χ1v) is 8.06. The molecule has 0 aliphatic heterocycles. The fraction of sp³-hybridized carbons (Fsp3) is 0.235. The summed E-state index contributed by atoms with van der Waals surface area (Å²) < 4.78 is 0. The van der Waals surface area contributed by atoms with Gasteiger partial charge in [-0.2, -0.15) is 0 Å². The van der Waals surface area contributed by atoms with E-state index in [1.165, 1.54) is 5.56 Å². The predicted octanol–water partition coefficient (Wildman–Crippen LogP) is 4.45. The highest BCUT2D eigenvalue weighted by Crippen LogP contribution is 2.23. The van der Waals surface area contributed by atoms with Gasteiger partial charge in [-0.05, 0) is 37.6 Å². The number of benzene rings is 2. The molecule has 0 heterocycles. The summed E-state index contributed by atoms with van der Waals surface area (Å²) in [6, 6.07) is 15.7. The van der Waals surface area contributed by atoms with E-state index in [-0.39, 0.29) is 11.2 Å². The third kappa shape index (κ3) is 4.80. The van der Waals surface area contributed by atoms with Crippen molar-refractivity contribution in [2.45, 2.75) is 30.5 Å². The van der Waals surface area contributed by atoms with Gasteiger partial charge in [-0.25, -0.2) is 0 Å². The van der Waals surface area contributed by atoms with Crippen LogP contribution >= 0.6 is 23.4 Å². The topological polar surface area (TPSA) is 29.1 Å². The average Bonchev–Trinajstić information content (AvgIpc) is 2.48. The van der Waals surface area contributed by atoms with Gasteiger partial charge in [0.25, 0.3) is 0 Å². The largest absolute Gasteiger partial charge is 0.351 e. The molecule has 0 radical (unpaired) electrons. The first-order valence-electron chi connectivity index (χ1n) is 6.80. The minimum atomic E-state index is -0.143. The van der Waals surface area contributed by atoms with E-state index in [0.717, 1.165) is 10.5 Å². The van der Waals surface area contributed by atoms with Crippen LogP contribution in [0.25, 0.3) is 0 Å². The van der Waals surface area contributed by atoms with Crippen LogP contribution in [0.4, 0.5) is 0 Å². The number of carbonyl (C=O) groups is 1. The maximum atomic E-state index is 12.1.